The summed E-state index contributed by atoms with van der Waals surface area (Å²) in [6.07, 6.45) is 2.33. The standard InChI is InChI=1S/C20H21FN4O/c1-13-9-15(7-8-23-13)19-11-17(25(2)24-19)12-20(26)18(22)10-14-3-5-16(21)6-4-14/h3-9,11,18H,10,12,22H2,1-2H3/t18-/m0/s1. The number of halogens is 1. The Bertz CT molecular complexity index is 918. The Morgan fingerprint density at radius 2 is 1.96 bits per heavy atom. The highest BCUT2D eigenvalue weighted by molar-refractivity contribution is 5.86. The van der Waals surface area contributed by atoms with Gasteiger partial charge in [-0.25, -0.2) is 4.39 Å². The molecule has 0 radical (unpaired) electrons. The number of ketones is 1. The van der Waals surface area contributed by atoms with Crippen LogP contribution in [0.25, 0.3) is 11.3 Å². The second-order valence-electron chi connectivity index (χ2n) is 6.41. The van der Waals surface area contributed by atoms with E-state index in [2.05, 4.69) is 10.1 Å². The van der Waals surface area contributed by atoms with Gasteiger partial charge in [-0.1, -0.05) is 12.1 Å². The molecule has 1 aromatic carbocycles. The molecule has 0 aliphatic heterocycles. The summed E-state index contributed by atoms with van der Waals surface area (Å²) in [5.74, 6) is -0.378. The first-order valence-corrected chi connectivity index (χ1v) is 8.41. The van der Waals surface area contributed by atoms with Gasteiger partial charge in [0.25, 0.3) is 0 Å². The third-order valence-electron chi connectivity index (χ3n) is 4.31. The minimum Gasteiger partial charge on any atom is -0.321 e. The van der Waals surface area contributed by atoms with Crippen molar-refractivity contribution >= 4 is 5.78 Å². The molecule has 5 nitrogen and oxygen atoms in total. The average Bonchev–Trinajstić information content (AvgIpc) is 2.97. The summed E-state index contributed by atoms with van der Waals surface area (Å²) in [5, 5.41) is 4.48. The van der Waals surface area contributed by atoms with E-state index < -0.39 is 6.04 Å². The van der Waals surface area contributed by atoms with Crippen LogP contribution in [-0.2, 0) is 24.7 Å². The monoisotopic (exact) mass is 352 g/mol. The number of carbonyl (C=O) groups excluding carboxylic acids is 1. The van der Waals surface area contributed by atoms with Crippen LogP contribution in [0, 0.1) is 12.7 Å². The molecule has 0 bridgehead atoms. The number of nitrogens with two attached hydrogens (primary N) is 1. The van der Waals surface area contributed by atoms with E-state index in [-0.39, 0.29) is 18.0 Å². The van der Waals surface area contributed by atoms with E-state index in [4.69, 9.17) is 5.73 Å². The molecule has 3 rings (SSSR count). The van der Waals surface area contributed by atoms with Crippen molar-refractivity contribution in [2.24, 2.45) is 12.8 Å². The molecule has 6 heteroatoms. The van der Waals surface area contributed by atoms with Crippen molar-refractivity contribution in [3.63, 3.8) is 0 Å². The second-order valence-corrected chi connectivity index (χ2v) is 6.41. The maximum absolute atomic E-state index is 13.0. The summed E-state index contributed by atoms with van der Waals surface area (Å²) < 4.78 is 14.7. The van der Waals surface area contributed by atoms with Gasteiger partial charge in [-0.15, -0.1) is 0 Å². The number of rotatable bonds is 6. The number of hydrogen-bond donors (Lipinski definition) is 1. The number of hydrogen-bond acceptors (Lipinski definition) is 4. The largest absolute Gasteiger partial charge is 0.321 e. The third kappa shape index (κ3) is 4.21. The zero-order valence-corrected chi connectivity index (χ0v) is 14.8. The first-order chi connectivity index (χ1) is 12.4. The fourth-order valence-corrected chi connectivity index (χ4v) is 2.82. The highest BCUT2D eigenvalue weighted by atomic mass is 19.1. The lowest BCUT2D eigenvalue weighted by Gasteiger charge is -2.10. The molecule has 0 spiro atoms. The van der Waals surface area contributed by atoms with Gasteiger partial charge in [0.15, 0.2) is 5.78 Å². The lowest BCUT2D eigenvalue weighted by molar-refractivity contribution is -0.119. The molecule has 3 aromatic rings. The number of Topliss-reactive ketones (excluding diaryl/α,β-unsaturated/α-hetero) is 1. The van der Waals surface area contributed by atoms with Gasteiger partial charge >= 0.3 is 0 Å². The van der Waals surface area contributed by atoms with Gasteiger partial charge in [0.05, 0.1) is 18.2 Å². The molecule has 2 heterocycles. The number of nitrogens with zero attached hydrogens (tertiary/aromatic N) is 3. The Morgan fingerprint density at radius 3 is 2.65 bits per heavy atom. The fraction of sp³-hybridized carbons (Fsp3) is 0.250. The number of carbonyl (C=O) groups is 1. The van der Waals surface area contributed by atoms with Gasteiger partial charge in [0, 0.05) is 30.2 Å². The van der Waals surface area contributed by atoms with Crippen LogP contribution in [0.2, 0.25) is 0 Å². The Balaban J connectivity index is 1.70. The average molecular weight is 352 g/mol. The van der Waals surface area contributed by atoms with E-state index in [0.29, 0.717) is 6.42 Å². The molecule has 1 atom stereocenters. The van der Waals surface area contributed by atoms with Crippen LogP contribution in [-0.4, -0.2) is 26.6 Å². The fourth-order valence-electron chi connectivity index (χ4n) is 2.82. The minimum atomic E-state index is -0.637. The van der Waals surface area contributed by atoms with Crippen LogP contribution in [0.5, 0.6) is 0 Å². The van der Waals surface area contributed by atoms with Crippen LogP contribution >= 0.6 is 0 Å². The van der Waals surface area contributed by atoms with E-state index in [9.17, 15) is 9.18 Å². The van der Waals surface area contributed by atoms with Gasteiger partial charge in [0.2, 0.25) is 0 Å². The summed E-state index contributed by atoms with van der Waals surface area (Å²) in [6.45, 7) is 1.92. The zero-order chi connectivity index (χ0) is 18.7. The smallest absolute Gasteiger partial charge is 0.155 e. The van der Waals surface area contributed by atoms with E-state index in [1.54, 1.807) is 23.0 Å². The number of aromatic nitrogens is 3. The van der Waals surface area contributed by atoms with Crippen molar-refractivity contribution in [2.75, 3.05) is 0 Å². The van der Waals surface area contributed by atoms with E-state index in [1.807, 2.05) is 32.2 Å². The molecule has 26 heavy (non-hydrogen) atoms. The van der Waals surface area contributed by atoms with Crippen molar-refractivity contribution in [3.8, 4) is 11.3 Å². The van der Waals surface area contributed by atoms with Crippen molar-refractivity contribution in [2.45, 2.75) is 25.8 Å². The highest BCUT2D eigenvalue weighted by Crippen LogP contribution is 2.19. The maximum atomic E-state index is 13.0. The number of aryl methyl sites for hydroxylation is 2. The van der Waals surface area contributed by atoms with Crippen molar-refractivity contribution < 1.29 is 9.18 Å². The van der Waals surface area contributed by atoms with E-state index in [1.165, 1.54) is 12.1 Å². The molecular weight excluding hydrogens is 331 g/mol. The molecule has 0 amide bonds. The summed E-state index contributed by atoms with van der Waals surface area (Å²) >= 11 is 0. The lowest BCUT2D eigenvalue weighted by atomic mass is 10.00. The summed E-state index contributed by atoms with van der Waals surface area (Å²) in [6, 6.07) is 11.1. The first-order valence-electron chi connectivity index (χ1n) is 8.41. The van der Waals surface area contributed by atoms with Gasteiger partial charge in [-0.05, 0) is 49.2 Å². The molecule has 0 saturated carbocycles. The predicted octanol–water partition coefficient (Wildman–Crippen LogP) is 2.61. The molecular formula is C20H21FN4O. The Morgan fingerprint density at radius 1 is 1.23 bits per heavy atom. The van der Waals surface area contributed by atoms with Crippen LogP contribution in [0.15, 0.2) is 48.7 Å². The number of pyridine rings is 1. The molecule has 0 saturated heterocycles. The van der Waals surface area contributed by atoms with Crippen molar-refractivity contribution in [1.29, 1.82) is 0 Å². The SMILES string of the molecule is Cc1cc(-c2cc(CC(=O)[C@@H](N)Cc3ccc(F)cc3)n(C)n2)ccn1. The molecule has 0 aliphatic carbocycles. The van der Waals surface area contributed by atoms with Crippen LogP contribution in [0.1, 0.15) is 17.0 Å². The molecule has 2 N–H and O–H groups in total. The number of benzene rings is 1. The van der Waals surface area contributed by atoms with E-state index >= 15 is 0 Å². The van der Waals surface area contributed by atoms with E-state index in [0.717, 1.165) is 28.2 Å². The van der Waals surface area contributed by atoms with Crippen molar-refractivity contribution in [3.05, 3.63) is 71.4 Å². The Kier molecular flexibility index (Phi) is 5.23. The summed E-state index contributed by atoms with van der Waals surface area (Å²) in [5.41, 5.74) is 10.3. The molecule has 0 aliphatic rings. The van der Waals surface area contributed by atoms with Gasteiger partial charge in [-0.3, -0.25) is 14.5 Å². The lowest BCUT2D eigenvalue weighted by Crippen LogP contribution is -2.34. The topological polar surface area (TPSA) is 73.8 Å². The van der Waals surface area contributed by atoms with Gasteiger partial charge in [-0.2, -0.15) is 5.10 Å². The van der Waals surface area contributed by atoms with Crippen molar-refractivity contribution in [1.82, 2.24) is 14.8 Å². The Hall–Kier alpha value is -2.86. The zero-order valence-electron chi connectivity index (χ0n) is 14.8. The second kappa shape index (κ2) is 7.58. The summed E-state index contributed by atoms with van der Waals surface area (Å²) in [4.78, 5) is 16.7. The van der Waals surface area contributed by atoms with Gasteiger partial charge < -0.3 is 5.73 Å². The highest BCUT2D eigenvalue weighted by Gasteiger charge is 2.18. The van der Waals surface area contributed by atoms with Crippen LogP contribution < -0.4 is 5.73 Å². The molecule has 2 aromatic heterocycles. The predicted molar refractivity (Wildman–Crippen MR) is 98.0 cm³/mol. The molecule has 134 valence electrons. The molecule has 0 unspecified atom stereocenters. The molecule has 0 fully saturated rings. The third-order valence-corrected chi connectivity index (χ3v) is 4.31. The minimum absolute atomic E-state index is 0.0743. The van der Waals surface area contributed by atoms with Gasteiger partial charge in [0.1, 0.15) is 5.82 Å². The first kappa shape index (κ1) is 17.9. The normalized spacial score (nSPS) is 12.2. The van der Waals surface area contributed by atoms with Crippen LogP contribution in [0.4, 0.5) is 4.39 Å². The summed E-state index contributed by atoms with van der Waals surface area (Å²) in [7, 11) is 1.81. The quantitative estimate of drug-likeness (QED) is 0.740. The maximum Gasteiger partial charge on any atom is 0.155 e. The van der Waals surface area contributed by atoms with Crippen LogP contribution in [0.3, 0.4) is 0 Å². The Labute approximate surface area is 151 Å².